The molecule has 0 aromatic heterocycles. The molecule has 8 heteroatoms. The lowest BCUT2D eigenvalue weighted by Crippen LogP contribution is -2.40. The summed E-state index contributed by atoms with van der Waals surface area (Å²) in [6, 6.07) is 13.9. The Labute approximate surface area is 205 Å². The summed E-state index contributed by atoms with van der Waals surface area (Å²) in [5.41, 5.74) is -0.558. The van der Waals surface area contributed by atoms with Crippen LogP contribution < -0.4 is 0 Å². The number of ether oxygens (including phenoxy) is 1. The molecular weight excluding hydrogens is 507 g/mol. The van der Waals surface area contributed by atoms with E-state index in [9.17, 15) is 9.59 Å². The molecule has 2 aromatic carbocycles. The molecule has 1 fully saturated rings. The first kappa shape index (κ1) is 24.0. The molecular formula is C25H26BrFN2O3S. The molecule has 2 aliphatic heterocycles. The van der Waals surface area contributed by atoms with Gasteiger partial charge in [-0.1, -0.05) is 46.3 Å². The van der Waals surface area contributed by atoms with Crippen LogP contribution in [0.25, 0.3) is 0 Å². The minimum Gasteiger partial charge on any atom is -0.444 e. The first-order valence-electron chi connectivity index (χ1n) is 10.8. The van der Waals surface area contributed by atoms with Crippen LogP contribution in [-0.2, 0) is 10.3 Å². The van der Waals surface area contributed by atoms with E-state index in [1.54, 1.807) is 29.2 Å². The number of Topliss-reactive ketones (excluding diaryl/α,β-unsaturated/α-hetero) is 1. The summed E-state index contributed by atoms with van der Waals surface area (Å²) in [5, 5.41) is 0.658. The van der Waals surface area contributed by atoms with Gasteiger partial charge in [-0.25, -0.2) is 9.18 Å². The second kappa shape index (κ2) is 9.22. The van der Waals surface area contributed by atoms with Gasteiger partial charge in [-0.15, -0.1) is 11.8 Å². The fourth-order valence-corrected chi connectivity index (χ4v) is 5.88. The van der Waals surface area contributed by atoms with Gasteiger partial charge in [0.15, 0.2) is 5.78 Å². The standard InChI is InChI=1S/C25H26BrFN2O3S/c1-24(2,3)32-23(31)29-13-17-14-33-22(12-21(30)16-7-5-4-6-8-16)28-25(17,15-29)19-11-18(26)9-10-20(19)27/h4-11,17H,12-15H2,1-3H3/t17-,25-/m1/s1. The highest BCUT2D eigenvalue weighted by Gasteiger charge is 2.53. The molecule has 33 heavy (non-hydrogen) atoms. The number of aliphatic imine (C=N–C) groups is 1. The zero-order chi connectivity index (χ0) is 23.8. The van der Waals surface area contributed by atoms with E-state index in [0.29, 0.717) is 28.5 Å². The number of hydrogen-bond acceptors (Lipinski definition) is 5. The highest BCUT2D eigenvalue weighted by molar-refractivity contribution is 9.10. The van der Waals surface area contributed by atoms with Crippen molar-refractivity contribution in [3.8, 4) is 0 Å². The van der Waals surface area contributed by atoms with Crippen LogP contribution in [0.4, 0.5) is 9.18 Å². The summed E-state index contributed by atoms with van der Waals surface area (Å²) < 4.78 is 21.5. The van der Waals surface area contributed by atoms with Gasteiger partial charge in [-0.2, -0.15) is 0 Å². The number of amides is 1. The van der Waals surface area contributed by atoms with E-state index in [-0.39, 0.29) is 30.5 Å². The molecule has 0 radical (unpaired) electrons. The van der Waals surface area contributed by atoms with E-state index in [1.165, 1.54) is 17.8 Å². The van der Waals surface area contributed by atoms with Crippen molar-refractivity contribution in [3.05, 3.63) is 69.9 Å². The van der Waals surface area contributed by atoms with Gasteiger partial charge < -0.3 is 9.64 Å². The summed E-state index contributed by atoms with van der Waals surface area (Å²) in [7, 11) is 0. The van der Waals surface area contributed by atoms with Crippen molar-refractivity contribution in [2.24, 2.45) is 10.9 Å². The van der Waals surface area contributed by atoms with Gasteiger partial charge >= 0.3 is 6.09 Å². The van der Waals surface area contributed by atoms with Crippen molar-refractivity contribution in [2.45, 2.75) is 38.3 Å². The molecule has 2 aliphatic rings. The van der Waals surface area contributed by atoms with Crippen LogP contribution in [0.5, 0.6) is 0 Å². The number of ketones is 1. The van der Waals surface area contributed by atoms with Gasteiger partial charge in [0.2, 0.25) is 0 Å². The smallest absolute Gasteiger partial charge is 0.410 e. The van der Waals surface area contributed by atoms with Gasteiger partial charge in [0.05, 0.1) is 18.0 Å². The Kier molecular flexibility index (Phi) is 6.69. The second-order valence-electron chi connectivity index (χ2n) is 9.39. The fourth-order valence-electron chi connectivity index (χ4n) is 4.28. The fraction of sp³-hybridized carbons (Fsp3) is 0.400. The topological polar surface area (TPSA) is 59.0 Å². The normalized spacial score (nSPS) is 22.5. The zero-order valence-corrected chi connectivity index (χ0v) is 21.2. The van der Waals surface area contributed by atoms with Crippen LogP contribution >= 0.6 is 27.7 Å². The number of hydrogen-bond donors (Lipinski definition) is 0. The summed E-state index contributed by atoms with van der Waals surface area (Å²) in [5.74, 6) is 0.117. The second-order valence-corrected chi connectivity index (χ2v) is 11.4. The van der Waals surface area contributed by atoms with E-state index in [2.05, 4.69) is 15.9 Å². The van der Waals surface area contributed by atoms with Crippen molar-refractivity contribution in [1.82, 2.24) is 4.90 Å². The Morgan fingerprint density at radius 3 is 2.67 bits per heavy atom. The number of nitrogens with zero attached hydrogens (tertiary/aromatic N) is 2. The van der Waals surface area contributed by atoms with Crippen LogP contribution in [0, 0.1) is 11.7 Å². The van der Waals surface area contributed by atoms with E-state index >= 15 is 4.39 Å². The largest absolute Gasteiger partial charge is 0.444 e. The van der Waals surface area contributed by atoms with Crippen LogP contribution in [0.2, 0.25) is 0 Å². The number of thioether (sulfide) groups is 1. The molecule has 0 aliphatic carbocycles. The Morgan fingerprint density at radius 2 is 1.97 bits per heavy atom. The van der Waals surface area contributed by atoms with Gasteiger partial charge in [-0.05, 0) is 39.0 Å². The van der Waals surface area contributed by atoms with Gasteiger partial charge in [0.1, 0.15) is 17.0 Å². The molecule has 2 aromatic rings. The number of carbonyl (C=O) groups excluding carboxylic acids is 2. The molecule has 2 atom stereocenters. The molecule has 0 unspecified atom stereocenters. The third kappa shape index (κ3) is 5.17. The molecule has 0 N–H and O–H groups in total. The number of rotatable bonds is 4. The number of fused-ring (bicyclic) bond motifs is 1. The molecule has 2 heterocycles. The lowest BCUT2D eigenvalue weighted by molar-refractivity contribution is 0.0281. The number of carbonyl (C=O) groups is 2. The molecule has 1 amide bonds. The maximum atomic E-state index is 15.1. The lowest BCUT2D eigenvalue weighted by Gasteiger charge is -2.36. The highest BCUT2D eigenvalue weighted by atomic mass is 79.9. The van der Waals surface area contributed by atoms with Crippen molar-refractivity contribution in [1.29, 1.82) is 0 Å². The van der Waals surface area contributed by atoms with E-state index in [0.717, 1.165) is 4.47 Å². The predicted octanol–water partition coefficient (Wildman–Crippen LogP) is 6.07. The first-order valence-corrected chi connectivity index (χ1v) is 12.6. The summed E-state index contributed by atoms with van der Waals surface area (Å²) in [6.45, 7) is 6.07. The third-order valence-corrected chi connectivity index (χ3v) is 7.41. The van der Waals surface area contributed by atoms with Gasteiger partial charge in [-0.3, -0.25) is 9.79 Å². The van der Waals surface area contributed by atoms with E-state index < -0.39 is 17.2 Å². The molecule has 174 valence electrons. The predicted molar refractivity (Wildman–Crippen MR) is 132 cm³/mol. The number of likely N-dealkylation sites (tertiary alicyclic amines) is 1. The van der Waals surface area contributed by atoms with Crippen LogP contribution in [0.1, 0.15) is 43.1 Å². The average Bonchev–Trinajstić information content (AvgIpc) is 3.15. The van der Waals surface area contributed by atoms with Crippen LogP contribution in [0.3, 0.4) is 0 Å². The Hall–Kier alpha value is -2.19. The monoisotopic (exact) mass is 532 g/mol. The molecule has 0 saturated carbocycles. The minimum atomic E-state index is -0.970. The zero-order valence-electron chi connectivity index (χ0n) is 18.8. The molecule has 4 rings (SSSR count). The Bertz CT molecular complexity index is 1100. The molecule has 0 spiro atoms. The summed E-state index contributed by atoms with van der Waals surface area (Å²) in [4.78, 5) is 32.3. The molecule has 5 nitrogen and oxygen atoms in total. The van der Waals surface area contributed by atoms with Crippen LogP contribution in [0.15, 0.2) is 58.0 Å². The van der Waals surface area contributed by atoms with Crippen LogP contribution in [-0.4, -0.2) is 46.3 Å². The quantitative estimate of drug-likeness (QED) is 0.448. The Morgan fingerprint density at radius 1 is 1.24 bits per heavy atom. The maximum Gasteiger partial charge on any atom is 0.410 e. The SMILES string of the molecule is CC(C)(C)OC(=O)N1C[C@@H]2CSC(CC(=O)c3ccccc3)=N[C@]2(c2cc(Br)ccc2F)C1. The first-order chi connectivity index (χ1) is 15.6. The van der Waals surface area contributed by atoms with Crippen molar-refractivity contribution in [2.75, 3.05) is 18.8 Å². The maximum absolute atomic E-state index is 15.1. The number of benzene rings is 2. The molecule has 0 bridgehead atoms. The van der Waals surface area contributed by atoms with Crippen molar-refractivity contribution < 1.29 is 18.7 Å². The highest BCUT2D eigenvalue weighted by Crippen LogP contribution is 2.48. The minimum absolute atomic E-state index is 0.0350. The third-order valence-electron chi connectivity index (χ3n) is 5.78. The Balaban J connectivity index is 1.71. The van der Waals surface area contributed by atoms with E-state index in [1.807, 2.05) is 39.0 Å². The number of halogens is 2. The van der Waals surface area contributed by atoms with Crippen molar-refractivity contribution >= 4 is 44.6 Å². The van der Waals surface area contributed by atoms with E-state index in [4.69, 9.17) is 9.73 Å². The summed E-state index contributed by atoms with van der Waals surface area (Å²) >= 11 is 4.96. The lowest BCUT2D eigenvalue weighted by atomic mass is 9.81. The summed E-state index contributed by atoms with van der Waals surface area (Å²) in [6.07, 6.45) is -0.292. The van der Waals surface area contributed by atoms with Gasteiger partial charge in [0, 0.05) is 33.8 Å². The van der Waals surface area contributed by atoms with Crippen molar-refractivity contribution in [3.63, 3.8) is 0 Å². The molecule has 1 saturated heterocycles. The van der Waals surface area contributed by atoms with Gasteiger partial charge in [0.25, 0.3) is 0 Å². The average molecular weight is 533 g/mol.